The maximum Gasteiger partial charge on any atom is 0.321 e. The van der Waals surface area contributed by atoms with Crippen LogP contribution in [0.25, 0.3) is 0 Å². The van der Waals surface area contributed by atoms with Gasteiger partial charge in [0.25, 0.3) is 0 Å². The lowest BCUT2D eigenvalue weighted by Crippen LogP contribution is -2.37. The summed E-state index contributed by atoms with van der Waals surface area (Å²) in [5.74, 6) is -1.76. The number of aliphatic carboxylic acids is 1. The average molecular weight is 320 g/mol. The number of rotatable bonds is 6. The molecule has 22 heavy (non-hydrogen) atoms. The molecule has 3 N–H and O–H groups in total. The second-order valence-corrected chi connectivity index (χ2v) is 4.87. The standard InChI is InChI=1S/C17H17NO3.ClH/c18-16(17(20)21)14(12-7-3-1-4-8-12)11-15(19)13-9-5-2-6-10-13;/h1-10,14,16H,11,18H2,(H,20,21);1H/t14-,16+;/m0./s1. The van der Waals surface area contributed by atoms with Gasteiger partial charge in [0, 0.05) is 17.9 Å². The maximum atomic E-state index is 12.3. The molecule has 0 aliphatic rings. The van der Waals surface area contributed by atoms with Crippen LogP contribution in [0.5, 0.6) is 0 Å². The Morgan fingerprint density at radius 1 is 0.955 bits per heavy atom. The van der Waals surface area contributed by atoms with Crippen molar-refractivity contribution in [2.24, 2.45) is 5.73 Å². The summed E-state index contributed by atoms with van der Waals surface area (Å²) in [4.78, 5) is 23.5. The third kappa shape index (κ3) is 4.41. The zero-order chi connectivity index (χ0) is 15.2. The lowest BCUT2D eigenvalue weighted by Gasteiger charge is -2.20. The Labute approximate surface area is 135 Å². The van der Waals surface area contributed by atoms with Gasteiger partial charge in [-0.2, -0.15) is 0 Å². The van der Waals surface area contributed by atoms with E-state index in [4.69, 9.17) is 10.8 Å². The van der Waals surface area contributed by atoms with E-state index in [1.54, 1.807) is 36.4 Å². The van der Waals surface area contributed by atoms with Gasteiger partial charge in [-0.1, -0.05) is 60.7 Å². The zero-order valence-corrected chi connectivity index (χ0v) is 12.7. The molecule has 0 spiro atoms. The molecule has 2 aromatic rings. The van der Waals surface area contributed by atoms with Crippen LogP contribution in [0.2, 0.25) is 0 Å². The summed E-state index contributed by atoms with van der Waals surface area (Å²) >= 11 is 0. The van der Waals surface area contributed by atoms with Crippen LogP contribution in [0.15, 0.2) is 60.7 Å². The van der Waals surface area contributed by atoms with Crippen molar-refractivity contribution < 1.29 is 14.7 Å². The number of nitrogens with two attached hydrogens (primary N) is 1. The number of carbonyl (C=O) groups excluding carboxylic acids is 1. The quantitative estimate of drug-likeness (QED) is 0.802. The summed E-state index contributed by atoms with van der Waals surface area (Å²) in [6.07, 6.45) is 0.0709. The molecular formula is C17H18ClNO3. The van der Waals surface area contributed by atoms with Crippen LogP contribution >= 0.6 is 12.4 Å². The third-order valence-corrected chi connectivity index (χ3v) is 3.45. The molecular weight excluding hydrogens is 302 g/mol. The molecule has 0 saturated carbocycles. The lowest BCUT2D eigenvalue weighted by molar-refractivity contribution is -0.139. The van der Waals surface area contributed by atoms with Gasteiger partial charge in [-0.05, 0) is 5.56 Å². The number of halogens is 1. The minimum Gasteiger partial charge on any atom is -0.480 e. The first-order chi connectivity index (χ1) is 10.1. The molecule has 0 heterocycles. The van der Waals surface area contributed by atoms with Crippen molar-refractivity contribution in [1.29, 1.82) is 0 Å². The highest BCUT2D eigenvalue weighted by atomic mass is 35.5. The topological polar surface area (TPSA) is 80.4 Å². The van der Waals surface area contributed by atoms with E-state index in [1.807, 2.05) is 24.3 Å². The number of ketones is 1. The van der Waals surface area contributed by atoms with E-state index in [1.165, 1.54) is 0 Å². The van der Waals surface area contributed by atoms with Gasteiger partial charge in [-0.3, -0.25) is 9.59 Å². The summed E-state index contributed by atoms with van der Waals surface area (Å²) in [5.41, 5.74) is 7.09. The van der Waals surface area contributed by atoms with E-state index in [2.05, 4.69) is 0 Å². The summed E-state index contributed by atoms with van der Waals surface area (Å²) in [5, 5.41) is 9.16. The van der Waals surface area contributed by atoms with E-state index in [0.29, 0.717) is 5.56 Å². The molecule has 0 amide bonds. The van der Waals surface area contributed by atoms with Crippen molar-refractivity contribution in [3.05, 3.63) is 71.8 Å². The molecule has 0 aliphatic carbocycles. The Balaban J connectivity index is 0.00000242. The van der Waals surface area contributed by atoms with E-state index in [0.717, 1.165) is 5.56 Å². The average Bonchev–Trinajstić information content (AvgIpc) is 2.53. The van der Waals surface area contributed by atoms with Gasteiger partial charge in [-0.25, -0.2) is 0 Å². The summed E-state index contributed by atoms with van der Waals surface area (Å²) in [7, 11) is 0. The fourth-order valence-electron chi connectivity index (χ4n) is 2.27. The molecule has 0 fully saturated rings. The Morgan fingerprint density at radius 3 is 1.95 bits per heavy atom. The van der Waals surface area contributed by atoms with Gasteiger partial charge >= 0.3 is 5.97 Å². The first kappa shape index (κ1) is 17.9. The number of carbonyl (C=O) groups is 2. The summed E-state index contributed by atoms with van der Waals surface area (Å²) < 4.78 is 0. The van der Waals surface area contributed by atoms with Gasteiger partial charge in [0.1, 0.15) is 6.04 Å². The molecule has 0 unspecified atom stereocenters. The predicted octanol–water partition coefficient (Wildman–Crippen LogP) is 2.88. The highest BCUT2D eigenvalue weighted by molar-refractivity contribution is 5.97. The SMILES string of the molecule is Cl.N[C@@H](C(=O)O)[C@@H](CC(=O)c1ccccc1)c1ccccc1. The molecule has 116 valence electrons. The number of Topliss-reactive ketones (excluding diaryl/α,β-unsaturated/α-hetero) is 1. The van der Waals surface area contributed by atoms with E-state index >= 15 is 0 Å². The van der Waals surface area contributed by atoms with Crippen molar-refractivity contribution in [3.63, 3.8) is 0 Å². The predicted molar refractivity (Wildman–Crippen MR) is 87.4 cm³/mol. The monoisotopic (exact) mass is 319 g/mol. The zero-order valence-electron chi connectivity index (χ0n) is 11.9. The fourth-order valence-corrected chi connectivity index (χ4v) is 2.27. The molecule has 0 saturated heterocycles. The maximum absolute atomic E-state index is 12.3. The van der Waals surface area contributed by atoms with E-state index in [-0.39, 0.29) is 24.6 Å². The Hall–Kier alpha value is -2.17. The third-order valence-electron chi connectivity index (χ3n) is 3.45. The van der Waals surface area contributed by atoms with Crippen molar-refractivity contribution in [3.8, 4) is 0 Å². The van der Waals surface area contributed by atoms with Crippen LogP contribution in [0.3, 0.4) is 0 Å². The number of benzene rings is 2. The lowest BCUT2D eigenvalue weighted by atomic mass is 9.86. The van der Waals surface area contributed by atoms with Crippen LogP contribution in [-0.2, 0) is 4.79 Å². The second-order valence-electron chi connectivity index (χ2n) is 4.87. The van der Waals surface area contributed by atoms with E-state index in [9.17, 15) is 9.59 Å². The minimum atomic E-state index is -1.11. The Kier molecular flexibility index (Phi) is 6.76. The van der Waals surface area contributed by atoms with Gasteiger partial charge in [0.2, 0.25) is 0 Å². The largest absolute Gasteiger partial charge is 0.480 e. The molecule has 2 rings (SSSR count). The highest BCUT2D eigenvalue weighted by Gasteiger charge is 2.28. The van der Waals surface area contributed by atoms with Crippen LogP contribution in [-0.4, -0.2) is 22.9 Å². The molecule has 0 bridgehead atoms. The summed E-state index contributed by atoms with van der Waals surface area (Å²) in [6, 6.07) is 16.8. The molecule has 4 nitrogen and oxygen atoms in total. The van der Waals surface area contributed by atoms with Crippen LogP contribution in [0, 0.1) is 0 Å². The van der Waals surface area contributed by atoms with Gasteiger partial charge < -0.3 is 10.8 Å². The van der Waals surface area contributed by atoms with E-state index < -0.39 is 17.9 Å². The molecule has 0 radical (unpaired) electrons. The highest BCUT2D eigenvalue weighted by Crippen LogP contribution is 2.24. The first-order valence-electron chi connectivity index (χ1n) is 6.71. The van der Waals surface area contributed by atoms with Crippen molar-refractivity contribution in [2.45, 2.75) is 18.4 Å². The Bertz CT molecular complexity index is 616. The number of carboxylic acid groups (broad SMARTS) is 1. The smallest absolute Gasteiger partial charge is 0.321 e. The van der Waals surface area contributed by atoms with Crippen molar-refractivity contribution in [2.75, 3.05) is 0 Å². The molecule has 2 aromatic carbocycles. The minimum absolute atomic E-state index is 0. The fraction of sp³-hybridized carbons (Fsp3) is 0.176. The molecule has 0 aromatic heterocycles. The normalized spacial score (nSPS) is 12.8. The molecule has 0 aliphatic heterocycles. The number of hydrogen-bond acceptors (Lipinski definition) is 3. The Morgan fingerprint density at radius 2 is 1.45 bits per heavy atom. The van der Waals surface area contributed by atoms with Crippen molar-refractivity contribution >= 4 is 24.2 Å². The number of carboxylic acids is 1. The van der Waals surface area contributed by atoms with Gasteiger partial charge in [-0.15, -0.1) is 12.4 Å². The second kappa shape index (κ2) is 8.32. The molecule has 2 atom stereocenters. The molecule has 5 heteroatoms. The first-order valence-corrected chi connectivity index (χ1v) is 6.71. The van der Waals surface area contributed by atoms with Crippen LogP contribution in [0.4, 0.5) is 0 Å². The van der Waals surface area contributed by atoms with Gasteiger partial charge in [0.05, 0.1) is 0 Å². The van der Waals surface area contributed by atoms with Crippen LogP contribution < -0.4 is 5.73 Å². The summed E-state index contributed by atoms with van der Waals surface area (Å²) in [6.45, 7) is 0. The van der Waals surface area contributed by atoms with Gasteiger partial charge in [0.15, 0.2) is 5.78 Å². The number of hydrogen-bond donors (Lipinski definition) is 2. The van der Waals surface area contributed by atoms with Crippen molar-refractivity contribution in [1.82, 2.24) is 0 Å². The van der Waals surface area contributed by atoms with Crippen LogP contribution in [0.1, 0.15) is 28.3 Å².